The van der Waals surface area contributed by atoms with Gasteiger partial charge in [-0.3, -0.25) is 0 Å². The van der Waals surface area contributed by atoms with Gasteiger partial charge in [-0.25, -0.2) is 0 Å². The number of nitrogens with one attached hydrogen (secondary N) is 1. The molecule has 0 atom stereocenters. The third-order valence-electron chi connectivity index (χ3n) is 10.6. The minimum atomic E-state index is -0.109. The Hall–Kier alpha value is -5.66. The number of hydrogen-bond donors (Lipinski definition) is 1. The number of benzene rings is 8. The predicted octanol–water partition coefficient (Wildman–Crippen LogP) is 12.4. The minimum absolute atomic E-state index is 0.109. The van der Waals surface area contributed by atoms with Crippen molar-refractivity contribution in [3.05, 3.63) is 157 Å². The molecule has 0 amide bonds. The van der Waals surface area contributed by atoms with Crippen molar-refractivity contribution in [3.8, 4) is 33.4 Å². The average molecular weight is 586 g/mol. The highest BCUT2D eigenvalue weighted by atomic mass is 14.7. The third kappa shape index (κ3) is 3.40. The molecule has 0 radical (unpaired) electrons. The first-order valence-corrected chi connectivity index (χ1v) is 16.2. The van der Waals surface area contributed by atoms with E-state index in [-0.39, 0.29) is 5.41 Å². The van der Waals surface area contributed by atoms with Gasteiger partial charge in [0.1, 0.15) is 0 Å². The lowest BCUT2D eigenvalue weighted by atomic mass is 9.79. The lowest BCUT2D eigenvalue weighted by molar-refractivity contribution is 0.666. The minimum Gasteiger partial charge on any atom is -0.355 e. The molecule has 9 aromatic rings. The Balaban J connectivity index is 1.24. The second-order valence-electron chi connectivity index (χ2n) is 13.4. The molecule has 1 aliphatic carbocycles. The average Bonchev–Trinajstić information content (AvgIpc) is 3.58. The summed E-state index contributed by atoms with van der Waals surface area (Å²) in [4.78, 5) is 3.60. The molecule has 0 spiro atoms. The molecule has 0 saturated carbocycles. The fourth-order valence-electron chi connectivity index (χ4n) is 8.51. The summed E-state index contributed by atoms with van der Waals surface area (Å²) in [6, 6.07) is 54.1. The van der Waals surface area contributed by atoms with Gasteiger partial charge in [0.15, 0.2) is 0 Å². The van der Waals surface area contributed by atoms with Crippen LogP contribution in [0.15, 0.2) is 146 Å². The molecule has 0 aliphatic heterocycles. The van der Waals surface area contributed by atoms with E-state index in [0.717, 1.165) is 0 Å². The topological polar surface area (TPSA) is 15.8 Å². The van der Waals surface area contributed by atoms with Gasteiger partial charge < -0.3 is 4.98 Å². The first kappa shape index (κ1) is 25.6. The lowest BCUT2D eigenvalue weighted by Gasteiger charge is -2.24. The molecule has 0 bridgehead atoms. The molecule has 0 fully saturated rings. The molecule has 1 nitrogen and oxygen atoms in total. The highest BCUT2D eigenvalue weighted by Gasteiger charge is 2.37. The Morgan fingerprint density at radius 3 is 1.63 bits per heavy atom. The summed E-state index contributed by atoms with van der Waals surface area (Å²) in [7, 11) is 0. The number of rotatable bonds is 2. The van der Waals surface area contributed by atoms with E-state index in [1.165, 1.54) is 98.6 Å². The zero-order valence-corrected chi connectivity index (χ0v) is 25.9. The van der Waals surface area contributed by atoms with Crippen molar-refractivity contribution in [3.63, 3.8) is 0 Å². The van der Waals surface area contributed by atoms with E-state index >= 15 is 0 Å². The van der Waals surface area contributed by atoms with Gasteiger partial charge in [0.25, 0.3) is 0 Å². The number of fused-ring (bicyclic) bond motifs is 10. The molecule has 1 N–H and O–H groups in total. The summed E-state index contributed by atoms with van der Waals surface area (Å²) >= 11 is 0. The van der Waals surface area contributed by atoms with Crippen molar-refractivity contribution < 1.29 is 0 Å². The molecule has 1 aromatic heterocycles. The van der Waals surface area contributed by atoms with Crippen LogP contribution in [0, 0.1) is 0 Å². The molecule has 1 heteroatoms. The Labute approximate surface area is 267 Å². The van der Waals surface area contributed by atoms with E-state index in [2.05, 4.69) is 164 Å². The summed E-state index contributed by atoms with van der Waals surface area (Å²) < 4.78 is 0. The summed E-state index contributed by atoms with van der Waals surface area (Å²) in [5, 5.41) is 10.3. The smallest absolute Gasteiger partial charge is 0.0465 e. The van der Waals surface area contributed by atoms with E-state index in [1.807, 2.05) is 0 Å². The van der Waals surface area contributed by atoms with Crippen molar-refractivity contribution in [1.29, 1.82) is 0 Å². The van der Waals surface area contributed by atoms with Crippen molar-refractivity contribution in [2.24, 2.45) is 0 Å². The maximum absolute atomic E-state index is 3.60. The normalized spacial score (nSPS) is 13.6. The van der Waals surface area contributed by atoms with E-state index in [9.17, 15) is 0 Å². The first-order valence-electron chi connectivity index (χ1n) is 16.2. The van der Waals surface area contributed by atoms with Crippen molar-refractivity contribution >= 4 is 54.1 Å². The van der Waals surface area contributed by atoms with Crippen LogP contribution in [0.5, 0.6) is 0 Å². The zero-order valence-electron chi connectivity index (χ0n) is 25.9. The SMILES string of the molecule is CC1(C)c2cc(-c3c4ccccc4c(-c4ccc5[nH]c6ccccc6c5c4)c4ccccc34)ccc2-c2ccc3ccccc3c21. The molecule has 0 saturated heterocycles. The quantitative estimate of drug-likeness (QED) is 0.194. The highest BCUT2D eigenvalue weighted by molar-refractivity contribution is 6.22. The number of H-pyrrole nitrogens is 1. The van der Waals surface area contributed by atoms with Crippen LogP contribution in [0.2, 0.25) is 0 Å². The van der Waals surface area contributed by atoms with Crippen LogP contribution in [0.25, 0.3) is 87.5 Å². The molecule has 1 aliphatic rings. The number of aromatic amines is 1. The Kier molecular flexibility index (Phi) is 5.12. The molecule has 8 aromatic carbocycles. The van der Waals surface area contributed by atoms with Crippen LogP contribution in [-0.4, -0.2) is 4.98 Å². The predicted molar refractivity (Wildman–Crippen MR) is 197 cm³/mol. The highest BCUT2D eigenvalue weighted by Crippen LogP contribution is 2.53. The summed E-state index contributed by atoms with van der Waals surface area (Å²) in [5.74, 6) is 0. The number of hydrogen-bond acceptors (Lipinski definition) is 0. The maximum atomic E-state index is 3.60. The van der Waals surface area contributed by atoms with Gasteiger partial charge in [-0.2, -0.15) is 0 Å². The number of aromatic nitrogens is 1. The van der Waals surface area contributed by atoms with E-state index in [0.29, 0.717) is 0 Å². The monoisotopic (exact) mass is 585 g/mol. The fraction of sp³-hybridized carbons (Fsp3) is 0.0667. The fourth-order valence-corrected chi connectivity index (χ4v) is 8.51. The Morgan fingerprint density at radius 2 is 0.935 bits per heavy atom. The summed E-state index contributed by atoms with van der Waals surface area (Å²) in [6.07, 6.45) is 0. The molecule has 0 unspecified atom stereocenters. The molecular formula is C45H31N. The number of para-hydroxylation sites is 1. The van der Waals surface area contributed by atoms with Crippen molar-refractivity contribution in [2.45, 2.75) is 19.3 Å². The summed E-state index contributed by atoms with van der Waals surface area (Å²) in [5.41, 5.74) is 12.9. The summed E-state index contributed by atoms with van der Waals surface area (Å²) in [6.45, 7) is 4.79. The van der Waals surface area contributed by atoms with Crippen molar-refractivity contribution in [1.82, 2.24) is 4.98 Å². The van der Waals surface area contributed by atoms with Gasteiger partial charge in [-0.05, 0) is 101 Å². The van der Waals surface area contributed by atoms with Crippen LogP contribution < -0.4 is 0 Å². The van der Waals surface area contributed by atoms with E-state index in [4.69, 9.17) is 0 Å². The van der Waals surface area contributed by atoms with E-state index < -0.39 is 0 Å². The largest absolute Gasteiger partial charge is 0.355 e. The van der Waals surface area contributed by atoms with Gasteiger partial charge in [0.05, 0.1) is 0 Å². The molecule has 46 heavy (non-hydrogen) atoms. The molecule has 10 rings (SSSR count). The Bertz CT molecular complexity index is 2660. The van der Waals surface area contributed by atoms with Gasteiger partial charge in [0, 0.05) is 27.2 Å². The lowest BCUT2D eigenvalue weighted by Crippen LogP contribution is -2.15. The van der Waals surface area contributed by atoms with Crippen molar-refractivity contribution in [2.75, 3.05) is 0 Å². The second-order valence-corrected chi connectivity index (χ2v) is 13.4. The van der Waals surface area contributed by atoms with Gasteiger partial charge in [0.2, 0.25) is 0 Å². The van der Waals surface area contributed by atoms with Crippen LogP contribution in [-0.2, 0) is 5.41 Å². The third-order valence-corrected chi connectivity index (χ3v) is 10.6. The maximum Gasteiger partial charge on any atom is 0.0465 e. The van der Waals surface area contributed by atoms with Gasteiger partial charge >= 0.3 is 0 Å². The van der Waals surface area contributed by atoms with Crippen LogP contribution in [0.1, 0.15) is 25.0 Å². The molecule has 216 valence electrons. The van der Waals surface area contributed by atoms with Crippen LogP contribution in [0.3, 0.4) is 0 Å². The first-order chi connectivity index (χ1) is 22.6. The second kappa shape index (κ2) is 9.19. The van der Waals surface area contributed by atoms with Crippen LogP contribution in [0.4, 0.5) is 0 Å². The Morgan fingerprint density at radius 1 is 0.413 bits per heavy atom. The molecule has 1 heterocycles. The van der Waals surface area contributed by atoms with Gasteiger partial charge in [-0.1, -0.05) is 135 Å². The zero-order chi connectivity index (χ0) is 30.6. The van der Waals surface area contributed by atoms with E-state index in [1.54, 1.807) is 0 Å². The van der Waals surface area contributed by atoms with Gasteiger partial charge in [-0.15, -0.1) is 0 Å². The standard InChI is InChI=1S/C45H31N/c1-45(2)39-26-29(20-22-31(39)37-23-19-27-11-3-4-12-30(27)44(37)45)43-35-16-7-5-14-33(35)42(34-15-6-8-17-36(34)43)28-21-24-41-38(25-28)32-13-9-10-18-40(32)46-41/h3-26,46H,1-2H3. The van der Waals surface area contributed by atoms with Crippen LogP contribution >= 0.6 is 0 Å². The molecular weight excluding hydrogens is 555 g/mol.